The van der Waals surface area contributed by atoms with Crippen molar-refractivity contribution in [1.29, 1.82) is 0 Å². The normalized spacial score (nSPS) is 10.4. The van der Waals surface area contributed by atoms with Crippen LogP contribution in [0.4, 0.5) is 5.69 Å². The Labute approximate surface area is 143 Å². The SMILES string of the molecule is O=C(Cc1ccccc1[N+](=O)[O-])OCc1ncc(-c2ccccc2)o1. The van der Waals surface area contributed by atoms with Crippen LogP contribution in [0.15, 0.2) is 65.2 Å². The number of hydrogen-bond acceptors (Lipinski definition) is 6. The third-order valence-corrected chi connectivity index (χ3v) is 3.49. The summed E-state index contributed by atoms with van der Waals surface area (Å²) in [5, 5.41) is 10.9. The molecule has 0 fully saturated rings. The van der Waals surface area contributed by atoms with Crippen molar-refractivity contribution in [2.75, 3.05) is 0 Å². The molecule has 1 heterocycles. The molecule has 25 heavy (non-hydrogen) atoms. The summed E-state index contributed by atoms with van der Waals surface area (Å²) in [6.45, 7) is -0.133. The van der Waals surface area contributed by atoms with E-state index in [-0.39, 0.29) is 24.6 Å². The smallest absolute Gasteiger partial charge is 0.311 e. The van der Waals surface area contributed by atoms with Crippen LogP contribution in [0, 0.1) is 10.1 Å². The molecule has 0 saturated carbocycles. The molecule has 0 radical (unpaired) electrons. The maximum Gasteiger partial charge on any atom is 0.311 e. The highest BCUT2D eigenvalue weighted by Crippen LogP contribution is 2.21. The Kier molecular flexibility index (Phi) is 4.84. The van der Waals surface area contributed by atoms with Crippen LogP contribution in [0.1, 0.15) is 11.5 Å². The first-order chi connectivity index (χ1) is 12.1. The van der Waals surface area contributed by atoms with Gasteiger partial charge in [0.2, 0.25) is 5.89 Å². The number of esters is 1. The van der Waals surface area contributed by atoms with Gasteiger partial charge < -0.3 is 9.15 Å². The summed E-state index contributed by atoms with van der Waals surface area (Å²) in [6, 6.07) is 15.5. The van der Waals surface area contributed by atoms with E-state index in [4.69, 9.17) is 9.15 Å². The molecule has 2 aromatic carbocycles. The van der Waals surface area contributed by atoms with Crippen molar-refractivity contribution >= 4 is 11.7 Å². The first-order valence-corrected chi connectivity index (χ1v) is 7.51. The molecule has 7 heteroatoms. The summed E-state index contributed by atoms with van der Waals surface area (Å²) in [5.74, 6) is 0.244. The van der Waals surface area contributed by atoms with Gasteiger partial charge in [-0.25, -0.2) is 4.98 Å². The number of carbonyl (C=O) groups is 1. The van der Waals surface area contributed by atoms with Gasteiger partial charge in [0.1, 0.15) is 0 Å². The number of aromatic nitrogens is 1. The molecule has 0 saturated heterocycles. The molecule has 7 nitrogen and oxygen atoms in total. The molecule has 0 atom stereocenters. The largest absolute Gasteiger partial charge is 0.455 e. The fraction of sp³-hybridized carbons (Fsp3) is 0.111. The van der Waals surface area contributed by atoms with Crippen molar-refractivity contribution in [2.24, 2.45) is 0 Å². The predicted molar refractivity (Wildman–Crippen MR) is 88.5 cm³/mol. The van der Waals surface area contributed by atoms with Gasteiger partial charge in [0.15, 0.2) is 12.4 Å². The topological polar surface area (TPSA) is 95.5 Å². The number of nitro groups is 1. The second-order valence-electron chi connectivity index (χ2n) is 5.21. The second-order valence-corrected chi connectivity index (χ2v) is 5.21. The Morgan fingerprint density at radius 2 is 1.84 bits per heavy atom. The third kappa shape index (κ3) is 4.08. The summed E-state index contributed by atoms with van der Waals surface area (Å²) >= 11 is 0. The van der Waals surface area contributed by atoms with Gasteiger partial charge >= 0.3 is 5.97 Å². The summed E-state index contributed by atoms with van der Waals surface area (Å²) in [4.78, 5) is 26.4. The molecule has 0 bridgehead atoms. The first-order valence-electron chi connectivity index (χ1n) is 7.51. The van der Waals surface area contributed by atoms with Crippen molar-refractivity contribution in [2.45, 2.75) is 13.0 Å². The van der Waals surface area contributed by atoms with E-state index >= 15 is 0 Å². The van der Waals surface area contributed by atoms with Gasteiger partial charge in [-0.05, 0) is 0 Å². The Bertz CT molecular complexity index is 889. The quantitative estimate of drug-likeness (QED) is 0.387. The number of oxazole rings is 1. The average Bonchev–Trinajstić information content (AvgIpc) is 3.10. The molecule has 0 spiro atoms. The molecule has 0 amide bonds. The lowest BCUT2D eigenvalue weighted by atomic mass is 10.1. The molecule has 1 aromatic heterocycles. The predicted octanol–water partition coefficient (Wildman–Crippen LogP) is 3.54. The van der Waals surface area contributed by atoms with E-state index < -0.39 is 10.9 Å². The molecular formula is C18H14N2O5. The summed E-state index contributed by atoms with van der Waals surface area (Å²) in [6.07, 6.45) is 1.37. The van der Waals surface area contributed by atoms with E-state index in [1.54, 1.807) is 18.3 Å². The number of nitro benzene ring substituents is 1. The Balaban J connectivity index is 1.60. The van der Waals surface area contributed by atoms with Gasteiger partial charge in [0.05, 0.1) is 17.5 Å². The maximum atomic E-state index is 11.9. The minimum atomic E-state index is -0.589. The number of benzene rings is 2. The summed E-state index contributed by atoms with van der Waals surface area (Å²) in [5.41, 5.74) is 1.06. The summed E-state index contributed by atoms with van der Waals surface area (Å²) in [7, 11) is 0. The highest BCUT2D eigenvalue weighted by Gasteiger charge is 2.17. The number of para-hydroxylation sites is 1. The standard InChI is InChI=1S/C18H14N2O5/c21-18(10-14-8-4-5-9-15(14)20(22)23)24-12-17-19-11-16(25-17)13-6-2-1-3-7-13/h1-9,11H,10,12H2. The number of rotatable bonds is 6. The number of hydrogen-bond donors (Lipinski definition) is 0. The van der Waals surface area contributed by atoms with Gasteiger partial charge in [-0.1, -0.05) is 48.5 Å². The molecule has 0 aliphatic rings. The summed E-state index contributed by atoms with van der Waals surface area (Å²) < 4.78 is 10.6. The van der Waals surface area contributed by atoms with Crippen LogP contribution in [0.25, 0.3) is 11.3 Å². The van der Waals surface area contributed by atoms with E-state index in [9.17, 15) is 14.9 Å². The van der Waals surface area contributed by atoms with Crippen molar-refractivity contribution in [3.05, 3.63) is 82.4 Å². The van der Waals surface area contributed by atoms with Crippen LogP contribution in [0.2, 0.25) is 0 Å². The molecule has 0 aliphatic heterocycles. The average molecular weight is 338 g/mol. The van der Waals surface area contributed by atoms with Gasteiger partial charge in [0.25, 0.3) is 5.69 Å². The van der Waals surface area contributed by atoms with Crippen molar-refractivity contribution in [3.63, 3.8) is 0 Å². The lowest BCUT2D eigenvalue weighted by molar-refractivity contribution is -0.385. The van der Waals surface area contributed by atoms with Gasteiger partial charge in [0, 0.05) is 17.2 Å². The van der Waals surface area contributed by atoms with Gasteiger partial charge in [-0.2, -0.15) is 0 Å². The maximum absolute atomic E-state index is 11.9. The van der Waals surface area contributed by atoms with Crippen LogP contribution in [-0.2, 0) is 22.6 Å². The molecule has 126 valence electrons. The number of ether oxygens (including phenoxy) is 1. The van der Waals surface area contributed by atoms with Crippen LogP contribution in [0.3, 0.4) is 0 Å². The molecule has 0 unspecified atom stereocenters. The van der Waals surface area contributed by atoms with E-state index in [0.717, 1.165) is 5.56 Å². The van der Waals surface area contributed by atoms with Crippen LogP contribution >= 0.6 is 0 Å². The zero-order chi connectivity index (χ0) is 17.6. The minimum Gasteiger partial charge on any atom is -0.455 e. The number of carbonyl (C=O) groups excluding carboxylic acids is 1. The monoisotopic (exact) mass is 338 g/mol. The Hall–Kier alpha value is -3.48. The van der Waals surface area contributed by atoms with Crippen molar-refractivity contribution < 1.29 is 18.9 Å². The fourth-order valence-corrected chi connectivity index (χ4v) is 2.30. The van der Waals surface area contributed by atoms with Crippen LogP contribution in [0.5, 0.6) is 0 Å². The van der Waals surface area contributed by atoms with Crippen LogP contribution < -0.4 is 0 Å². The Morgan fingerprint density at radius 1 is 1.12 bits per heavy atom. The molecule has 0 N–H and O–H groups in total. The number of nitrogens with zero attached hydrogens (tertiary/aromatic N) is 2. The van der Waals surface area contributed by atoms with E-state index in [0.29, 0.717) is 11.3 Å². The Morgan fingerprint density at radius 3 is 2.60 bits per heavy atom. The van der Waals surface area contributed by atoms with Crippen LogP contribution in [-0.4, -0.2) is 15.9 Å². The molecule has 3 rings (SSSR count). The minimum absolute atomic E-state index is 0.109. The molecule has 3 aromatic rings. The molecule has 0 aliphatic carbocycles. The van der Waals surface area contributed by atoms with Crippen molar-refractivity contribution in [1.82, 2.24) is 4.98 Å². The zero-order valence-electron chi connectivity index (χ0n) is 13.1. The van der Waals surface area contributed by atoms with Crippen molar-refractivity contribution in [3.8, 4) is 11.3 Å². The van der Waals surface area contributed by atoms with E-state index in [1.807, 2.05) is 30.3 Å². The van der Waals surface area contributed by atoms with Gasteiger partial charge in [-0.3, -0.25) is 14.9 Å². The lowest BCUT2D eigenvalue weighted by Gasteiger charge is -2.03. The van der Waals surface area contributed by atoms with E-state index in [1.165, 1.54) is 12.1 Å². The highest BCUT2D eigenvalue weighted by molar-refractivity contribution is 5.74. The van der Waals surface area contributed by atoms with Gasteiger partial charge in [-0.15, -0.1) is 0 Å². The zero-order valence-corrected chi connectivity index (χ0v) is 13.1. The fourth-order valence-electron chi connectivity index (χ4n) is 2.30. The lowest BCUT2D eigenvalue weighted by Crippen LogP contribution is -2.09. The highest BCUT2D eigenvalue weighted by atomic mass is 16.6. The first kappa shape index (κ1) is 16.4. The molecular weight excluding hydrogens is 324 g/mol. The second kappa shape index (κ2) is 7.39. The third-order valence-electron chi connectivity index (χ3n) is 3.49. The van der Waals surface area contributed by atoms with E-state index in [2.05, 4.69) is 4.98 Å².